The van der Waals surface area contributed by atoms with Gasteiger partial charge in [-0.25, -0.2) is 4.98 Å². The average Bonchev–Trinajstić information content (AvgIpc) is 2.83. The number of nitrogens with two attached hydrogens (primary N) is 1. The van der Waals surface area contributed by atoms with Crippen LogP contribution in [0.3, 0.4) is 0 Å². The Balaban J connectivity index is 1.95. The molecule has 1 aromatic heterocycles. The summed E-state index contributed by atoms with van der Waals surface area (Å²) < 4.78 is 2.03. The minimum absolute atomic E-state index is 0.101. The summed E-state index contributed by atoms with van der Waals surface area (Å²) in [5.74, 6) is 1.01. The molecule has 19 heavy (non-hydrogen) atoms. The van der Waals surface area contributed by atoms with Gasteiger partial charge in [-0.2, -0.15) is 0 Å². The van der Waals surface area contributed by atoms with Gasteiger partial charge in [0.05, 0.1) is 6.04 Å². The van der Waals surface area contributed by atoms with E-state index in [1.165, 1.54) is 57.8 Å². The zero-order valence-electron chi connectivity index (χ0n) is 12.8. The summed E-state index contributed by atoms with van der Waals surface area (Å²) in [5, 5.41) is 0. The van der Waals surface area contributed by atoms with Gasteiger partial charge in [0.2, 0.25) is 0 Å². The average molecular weight is 265 g/mol. The lowest BCUT2D eigenvalue weighted by atomic mass is 10.0. The van der Waals surface area contributed by atoms with Gasteiger partial charge in [0, 0.05) is 19.4 Å². The Morgan fingerprint density at radius 3 is 2.16 bits per heavy atom. The second-order valence-electron chi connectivity index (χ2n) is 5.62. The molecule has 1 rings (SSSR count). The first-order valence-corrected chi connectivity index (χ1v) is 7.98. The zero-order valence-corrected chi connectivity index (χ0v) is 12.8. The van der Waals surface area contributed by atoms with Crippen LogP contribution in [0.4, 0.5) is 0 Å². The quantitative estimate of drug-likeness (QED) is 0.605. The maximum atomic E-state index is 6.15. The maximum Gasteiger partial charge on any atom is 0.125 e. The first kappa shape index (κ1) is 16.2. The Hall–Kier alpha value is -0.830. The Labute approximate surface area is 118 Å². The summed E-state index contributed by atoms with van der Waals surface area (Å²) in [7, 11) is 2.01. The number of hydrogen-bond acceptors (Lipinski definition) is 2. The van der Waals surface area contributed by atoms with E-state index in [1.54, 1.807) is 0 Å². The van der Waals surface area contributed by atoms with E-state index in [0.717, 1.165) is 12.2 Å². The molecular weight excluding hydrogens is 234 g/mol. The standard InChI is InChI=1S/C16H31N3/c1-3-4-5-6-7-8-9-10-11-12-15(17)16-18-13-14-19(16)2/h13-15H,3-12,17H2,1-2H3. The van der Waals surface area contributed by atoms with Crippen LogP contribution in [0.25, 0.3) is 0 Å². The van der Waals surface area contributed by atoms with Crippen molar-refractivity contribution in [2.45, 2.75) is 77.2 Å². The van der Waals surface area contributed by atoms with Crippen LogP contribution < -0.4 is 5.73 Å². The molecule has 110 valence electrons. The Bertz CT molecular complexity index is 320. The summed E-state index contributed by atoms with van der Waals surface area (Å²) in [5.41, 5.74) is 6.15. The van der Waals surface area contributed by atoms with Gasteiger partial charge in [0.15, 0.2) is 0 Å². The molecule has 1 aromatic rings. The van der Waals surface area contributed by atoms with Gasteiger partial charge in [-0.1, -0.05) is 64.7 Å². The van der Waals surface area contributed by atoms with Crippen molar-refractivity contribution < 1.29 is 0 Å². The van der Waals surface area contributed by atoms with Crippen molar-refractivity contribution in [1.29, 1.82) is 0 Å². The van der Waals surface area contributed by atoms with E-state index >= 15 is 0 Å². The Kier molecular flexibility index (Phi) is 8.55. The first-order chi connectivity index (χ1) is 9.25. The molecule has 0 aliphatic heterocycles. The highest BCUT2D eigenvalue weighted by atomic mass is 15.1. The fraction of sp³-hybridized carbons (Fsp3) is 0.812. The van der Waals surface area contributed by atoms with Crippen molar-refractivity contribution in [2.75, 3.05) is 0 Å². The summed E-state index contributed by atoms with van der Waals surface area (Å²) in [6.45, 7) is 2.27. The normalized spacial score (nSPS) is 12.8. The molecular formula is C16H31N3. The number of aryl methyl sites for hydroxylation is 1. The van der Waals surface area contributed by atoms with E-state index in [9.17, 15) is 0 Å². The van der Waals surface area contributed by atoms with Gasteiger partial charge in [-0.15, -0.1) is 0 Å². The molecule has 0 aromatic carbocycles. The van der Waals surface area contributed by atoms with Crippen LogP contribution in [0.2, 0.25) is 0 Å². The van der Waals surface area contributed by atoms with Crippen molar-refractivity contribution in [3.63, 3.8) is 0 Å². The van der Waals surface area contributed by atoms with Crippen LogP contribution in [-0.4, -0.2) is 9.55 Å². The zero-order chi connectivity index (χ0) is 13.9. The fourth-order valence-corrected chi connectivity index (χ4v) is 2.54. The van der Waals surface area contributed by atoms with Gasteiger partial charge in [0.25, 0.3) is 0 Å². The van der Waals surface area contributed by atoms with Crippen molar-refractivity contribution in [2.24, 2.45) is 12.8 Å². The van der Waals surface area contributed by atoms with Crippen molar-refractivity contribution in [3.8, 4) is 0 Å². The number of imidazole rings is 1. The monoisotopic (exact) mass is 265 g/mol. The molecule has 3 heteroatoms. The highest BCUT2D eigenvalue weighted by Gasteiger charge is 2.09. The highest BCUT2D eigenvalue weighted by molar-refractivity contribution is 4.97. The first-order valence-electron chi connectivity index (χ1n) is 7.98. The second-order valence-corrected chi connectivity index (χ2v) is 5.62. The number of rotatable bonds is 11. The molecule has 1 heterocycles. The summed E-state index contributed by atoms with van der Waals surface area (Å²) in [6.07, 6.45) is 17.1. The van der Waals surface area contributed by atoms with Crippen LogP contribution in [0.5, 0.6) is 0 Å². The van der Waals surface area contributed by atoms with Crippen molar-refractivity contribution in [1.82, 2.24) is 9.55 Å². The predicted octanol–water partition coefficient (Wildman–Crippen LogP) is 4.34. The van der Waals surface area contributed by atoms with Crippen LogP contribution in [0.15, 0.2) is 12.4 Å². The largest absolute Gasteiger partial charge is 0.337 e. The third-order valence-corrected chi connectivity index (χ3v) is 3.81. The number of aromatic nitrogens is 2. The minimum atomic E-state index is 0.101. The van der Waals surface area contributed by atoms with Gasteiger partial charge >= 0.3 is 0 Å². The second kappa shape index (κ2) is 10.0. The van der Waals surface area contributed by atoms with Gasteiger partial charge in [-0.3, -0.25) is 0 Å². The molecule has 0 spiro atoms. The maximum absolute atomic E-state index is 6.15. The molecule has 1 atom stereocenters. The van der Waals surface area contributed by atoms with Crippen LogP contribution in [0, 0.1) is 0 Å². The molecule has 0 amide bonds. The summed E-state index contributed by atoms with van der Waals surface area (Å²) in [4.78, 5) is 4.31. The molecule has 0 bridgehead atoms. The number of hydrogen-bond donors (Lipinski definition) is 1. The summed E-state index contributed by atoms with van der Waals surface area (Å²) >= 11 is 0. The fourth-order valence-electron chi connectivity index (χ4n) is 2.54. The number of unbranched alkanes of at least 4 members (excludes halogenated alkanes) is 8. The molecule has 3 nitrogen and oxygen atoms in total. The molecule has 0 aliphatic rings. The third kappa shape index (κ3) is 6.76. The topological polar surface area (TPSA) is 43.8 Å². The lowest BCUT2D eigenvalue weighted by Gasteiger charge is -2.11. The molecule has 1 unspecified atom stereocenters. The lowest BCUT2D eigenvalue weighted by molar-refractivity contribution is 0.515. The molecule has 0 saturated heterocycles. The van der Waals surface area contributed by atoms with E-state index in [4.69, 9.17) is 5.73 Å². The van der Waals surface area contributed by atoms with E-state index in [-0.39, 0.29) is 6.04 Å². The molecule has 0 saturated carbocycles. The van der Waals surface area contributed by atoms with Gasteiger partial charge < -0.3 is 10.3 Å². The summed E-state index contributed by atoms with van der Waals surface area (Å²) in [6, 6.07) is 0.101. The van der Waals surface area contributed by atoms with E-state index < -0.39 is 0 Å². The Morgan fingerprint density at radius 2 is 1.63 bits per heavy atom. The van der Waals surface area contributed by atoms with E-state index in [0.29, 0.717) is 0 Å². The highest BCUT2D eigenvalue weighted by Crippen LogP contribution is 2.16. The molecule has 0 fully saturated rings. The van der Waals surface area contributed by atoms with Crippen molar-refractivity contribution >= 4 is 0 Å². The van der Waals surface area contributed by atoms with E-state index in [1.807, 2.05) is 24.0 Å². The smallest absolute Gasteiger partial charge is 0.125 e. The lowest BCUT2D eigenvalue weighted by Crippen LogP contribution is -2.15. The Morgan fingerprint density at radius 1 is 1.05 bits per heavy atom. The van der Waals surface area contributed by atoms with Crippen LogP contribution in [-0.2, 0) is 7.05 Å². The van der Waals surface area contributed by atoms with Crippen LogP contribution >= 0.6 is 0 Å². The number of nitrogens with zero attached hydrogens (tertiary/aromatic N) is 2. The minimum Gasteiger partial charge on any atom is -0.337 e. The van der Waals surface area contributed by atoms with Gasteiger partial charge in [-0.05, 0) is 6.42 Å². The van der Waals surface area contributed by atoms with E-state index in [2.05, 4.69) is 11.9 Å². The van der Waals surface area contributed by atoms with Gasteiger partial charge in [0.1, 0.15) is 5.82 Å². The van der Waals surface area contributed by atoms with Crippen LogP contribution in [0.1, 0.15) is 83.0 Å². The molecule has 2 N–H and O–H groups in total. The third-order valence-electron chi connectivity index (χ3n) is 3.81. The SMILES string of the molecule is CCCCCCCCCCCC(N)c1nccn1C. The van der Waals surface area contributed by atoms with Crippen molar-refractivity contribution in [3.05, 3.63) is 18.2 Å². The molecule has 0 radical (unpaired) electrons. The predicted molar refractivity (Wildman–Crippen MR) is 82.0 cm³/mol. The molecule has 0 aliphatic carbocycles.